The molecule has 1 unspecified atom stereocenters. The lowest BCUT2D eigenvalue weighted by molar-refractivity contribution is -0.0213. The summed E-state index contributed by atoms with van der Waals surface area (Å²) >= 11 is 0. The predicted molar refractivity (Wildman–Crippen MR) is 62.9 cm³/mol. The van der Waals surface area contributed by atoms with E-state index < -0.39 is 5.60 Å². The zero-order valence-corrected chi connectivity index (χ0v) is 10.0. The Morgan fingerprint density at radius 2 is 1.93 bits per heavy atom. The van der Waals surface area contributed by atoms with Crippen molar-refractivity contribution in [2.75, 3.05) is 19.6 Å². The van der Waals surface area contributed by atoms with Crippen LogP contribution in [0.15, 0.2) is 0 Å². The minimum absolute atomic E-state index is 0.424. The molecule has 0 aromatic rings. The third-order valence-electron chi connectivity index (χ3n) is 4.00. The minimum Gasteiger partial charge on any atom is -0.389 e. The third-order valence-corrected chi connectivity index (χ3v) is 4.00. The highest BCUT2D eigenvalue weighted by atomic mass is 16.3. The van der Waals surface area contributed by atoms with Crippen LogP contribution in [0.4, 0.5) is 0 Å². The molecule has 0 aromatic carbocycles. The summed E-state index contributed by atoms with van der Waals surface area (Å²) in [4.78, 5) is 2.49. The van der Waals surface area contributed by atoms with E-state index in [2.05, 4.69) is 4.90 Å². The van der Waals surface area contributed by atoms with Gasteiger partial charge in [-0.15, -0.1) is 0 Å². The van der Waals surface area contributed by atoms with Gasteiger partial charge in [-0.2, -0.15) is 0 Å². The second kappa shape index (κ2) is 4.84. The number of nitrogens with zero attached hydrogens (tertiary/aromatic N) is 1. The molecule has 1 N–H and O–H groups in total. The van der Waals surface area contributed by atoms with Crippen LogP contribution in [0.5, 0.6) is 0 Å². The van der Waals surface area contributed by atoms with Gasteiger partial charge >= 0.3 is 0 Å². The monoisotopic (exact) mass is 211 g/mol. The molecule has 0 bridgehead atoms. The molecule has 0 spiro atoms. The Hall–Kier alpha value is -0.0800. The lowest BCUT2D eigenvalue weighted by Crippen LogP contribution is -2.47. The van der Waals surface area contributed by atoms with Gasteiger partial charge in [0.15, 0.2) is 0 Å². The summed E-state index contributed by atoms with van der Waals surface area (Å²) in [6.45, 7) is 5.31. The molecule has 2 aliphatic rings. The van der Waals surface area contributed by atoms with Crippen LogP contribution < -0.4 is 0 Å². The molecule has 1 saturated carbocycles. The molecule has 0 radical (unpaired) electrons. The smallest absolute Gasteiger partial charge is 0.0746 e. The lowest BCUT2D eigenvalue weighted by atomic mass is 9.87. The standard InChI is InChI=1S/C13H25NO/c1-13(15)8-5-9-14(11-13)10-12-6-3-2-4-7-12/h12,15H,2-11H2,1H3. The van der Waals surface area contributed by atoms with Gasteiger partial charge in [0.2, 0.25) is 0 Å². The van der Waals surface area contributed by atoms with Gasteiger partial charge in [-0.1, -0.05) is 19.3 Å². The van der Waals surface area contributed by atoms with Crippen molar-refractivity contribution in [3.05, 3.63) is 0 Å². The van der Waals surface area contributed by atoms with Gasteiger partial charge in [0.1, 0.15) is 0 Å². The van der Waals surface area contributed by atoms with Crippen LogP contribution in [-0.4, -0.2) is 35.2 Å². The van der Waals surface area contributed by atoms with E-state index in [-0.39, 0.29) is 0 Å². The van der Waals surface area contributed by atoms with E-state index in [1.54, 1.807) is 0 Å². The number of aliphatic hydroxyl groups is 1. The van der Waals surface area contributed by atoms with Crippen molar-refractivity contribution in [1.82, 2.24) is 4.90 Å². The van der Waals surface area contributed by atoms with E-state index in [4.69, 9.17) is 0 Å². The molecule has 2 heteroatoms. The molecule has 1 aliphatic heterocycles. The van der Waals surface area contributed by atoms with Gasteiger partial charge in [0.25, 0.3) is 0 Å². The molecule has 1 heterocycles. The number of hydrogen-bond donors (Lipinski definition) is 1. The van der Waals surface area contributed by atoms with Crippen molar-refractivity contribution in [2.24, 2.45) is 5.92 Å². The normalized spacial score (nSPS) is 35.6. The van der Waals surface area contributed by atoms with Gasteiger partial charge in [0.05, 0.1) is 5.60 Å². The van der Waals surface area contributed by atoms with E-state index in [0.29, 0.717) is 0 Å². The highest BCUT2D eigenvalue weighted by Crippen LogP contribution is 2.27. The molecule has 1 aliphatic carbocycles. The highest BCUT2D eigenvalue weighted by molar-refractivity contribution is 4.84. The second-order valence-electron chi connectivity index (χ2n) is 5.84. The van der Waals surface area contributed by atoms with Crippen molar-refractivity contribution in [3.63, 3.8) is 0 Å². The van der Waals surface area contributed by atoms with Crippen LogP contribution >= 0.6 is 0 Å². The Labute approximate surface area is 93.7 Å². The predicted octanol–water partition coefficient (Wildman–Crippen LogP) is 2.41. The number of likely N-dealkylation sites (tertiary alicyclic amines) is 1. The Morgan fingerprint density at radius 1 is 1.20 bits per heavy atom. The van der Waals surface area contributed by atoms with E-state index in [1.165, 1.54) is 51.6 Å². The Bertz CT molecular complexity index is 197. The van der Waals surface area contributed by atoms with Gasteiger partial charge < -0.3 is 10.0 Å². The van der Waals surface area contributed by atoms with Crippen LogP contribution in [-0.2, 0) is 0 Å². The van der Waals surface area contributed by atoms with Crippen LogP contribution in [0.1, 0.15) is 51.9 Å². The average molecular weight is 211 g/mol. The quantitative estimate of drug-likeness (QED) is 0.758. The van der Waals surface area contributed by atoms with Gasteiger partial charge in [0, 0.05) is 13.1 Å². The van der Waals surface area contributed by atoms with E-state index in [1.807, 2.05) is 6.92 Å². The average Bonchev–Trinajstić information content (AvgIpc) is 2.17. The van der Waals surface area contributed by atoms with E-state index in [0.717, 1.165) is 18.9 Å². The van der Waals surface area contributed by atoms with E-state index >= 15 is 0 Å². The van der Waals surface area contributed by atoms with Gasteiger partial charge in [-0.3, -0.25) is 0 Å². The Morgan fingerprint density at radius 3 is 2.60 bits per heavy atom. The van der Waals surface area contributed by atoms with Crippen LogP contribution in [0.3, 0.4) is 0 Å². The minimum atomic E-state index is -0.424. The maximum atomic E-state index is 10.0. The maximum Gasteiger partial charge on any atom is 0.0746 e. The first-order chi connectivity index (χ1) is 7.16. The zero-order valence-electron chi connectivity index (χ0n) is 10.0. The molecular formula is C13H25NO. The number of rotatable bonds is 2. The van der Waals surface area contributed by atoms with Crippen LogP contribution in [0.25, 0.3) is 0 Å². The van der Waals surface area contributed by atoms with Gasteiger partial charge in [-0.25, -0.2) is 0 Å². The summed E-state index contributed by atoms with van der Waals surface area (Å²) < 4.78 is 0. The molecule has 1 atom stereocenters. The summed E-state index contributed by atoms with van der Waals surface area (Å²) in [5.41, 5.74) is -0.424. The fourth-order valence-electron chi connectivity index (χ4n) is 3.21. The largest absolute Gasteiger partial charge is 0.389 e. The Balaban J connectivity index is 1.78. The van der Waals surface area contributed by atoms with Crippen molar-refractivity contribution in [2.45, 2.75) is 57.5 Å². The molecule has 88 valence electrons. The Kier molecular flexibility index (Phi) is 3.68. The van der Waals surface area contributed by atoms with Crippen molar-refractivity contribution in [3.8, 4) is 0 Å². The van der Waals surface area contributed by atoms with Crippen molar-refractivity contribution in [1.29, 1.82) is 0 Å². The lowest BCUT2D eigenvalue weighted by Gasteiger charge is -2.39. The summed E-state index contributed by atoms with van der Waals surface area (Å²) in [5.74, 6) is 0.910. The molecule has 0 amide bonds. The first-order valence-electron chi connectivity index (χ1n) is 6.60. The van der Waals surface area contributed by atoms with E-state index in [9.17, 15) is 5.11 Å². The number of β-amino-alcohol motifs (C(OH)–C–C–N with tert-alkyl or cyclic N) is 1. The molecule has 2 rings (SSSR count). The summed E-state index contributed by atoms with van der Waals surface area (Å²) in [6, 6.07) is 0. The van der Waals surface area contributed by atoms with Gasteiger partial charge in [-0.05, 0) is 45.1 Å². The summed E-state index contributed by atoms with van der Waals surface area (Å²) in [6.07, 6.45) is 9.27. The molecule has 1 saturated heterocycles. The van der Waals surface area contributed by atoms with Crippen molar-refractivity contribution < 1.29 is 5.11 Å². The fourth-order valence-corrected chi connectivity index (χ4v) is 3.21. The summed E-state index contributed by atoms with van der Waals surface area (Å²) in [7, 11) is 0. The van der Waals surface area contributed by atoms with Crippen LogP contribution in [0.2, 0.25) is 0 Å². The molecular weight excluding hydrogens is 186 g/mol. The fraction of sp³-hybridized carbons (Fsp3) is 1.00. The molecule has 2 fully saturated rings. The topological polar surface area (TPSA) is 23.5 Å². The first-order valence-corrected chi connectivity index (χ1v) is 6.60. The first kappa shape index (κ1) is 11.4. The molecule has 2 nitrogen and oxygen atoms in total. The number of piperidine rings is 1. The number of hydrogen-bond acceptors (Lipinski definition) is 2. The highest BCUT2D eigenvalue weighted by Gasteiger charge is 2.29. The molecule has 0 aromatic heterocycles. The SMILES string of the molecule is CC1(O)CCCN(CC2CCCCC2)C1. The van der Waals surface area contributed by atoms with Crippen LogP contribution in [0, 0.1) is 5.92 Å². The van der Waals surface area contributed by atoms with Crippen molar-refractivity contribution >= 4 is 0 Å². The summed E-state index contributed by atoms with van der Waals surface area (Å²) in [5, 5.41) is 10.0. The maximum absolute atomic E-state index is 10.0. The second-order valence-corrected chi connectivity index (χ2v) is 5.84. The third kappa shape index (κ3) is 3.46. The molecule has 15 heavy (non-hydrogen) atoms. The zero-order chi connectivity index (χ0) is 10.7.